The number of carbonyl (C=O) groups excluding carboxylic acids is 2. The van der Waals surface area contributed by atoms with E-state index >= 15 is 0 Å². The van der Waals surface area contributed by atoms with Gasteiger partial charge < -0.3 is 15.4 Å². The summed E-state index contributed by atoms with van der Waals surface area (Å²) in [4.78, 5) is 31.6. The van der Waals surface area contributed by atoms with Crippen molar-refractivity contribution in [1.29, 1.82) is 0 Å². The maximum absolute atomic E-state index is 12.8. The molecule has 0 spiro atoms. The highest BCUT2D eigenvalue weighted by molar-refractivity contribution is 14.0. The number of ether oxygens (including phenoxy) is 1. The van der Waals surface area contributed by atoms with Crippen LogP contribution in [-0.2, 0) is 16.0 Å². The molecule has 2 fully saturated rings. The molecule has 2 bridgehead atoms. The van der Waals surface area contributed by atoms with Crippen LogP contribution < -0.4 is 15.4 Å². The van der Waals surface area contributed by atoms with E-state index in [1.165, 1.54) is 4.90 Å². The summed E-state index contributed by atoms with van der Waals surface area (Å²) in [6.07, 6.45) is 5.97. The summed E-state index contributed by atoms with van der Waals surface area (Å²) in [7, 11) is 1.67. The van der Waals surface area contributed by atoms with Gasteiger partial charge in [-0.05, 0) is 43.2 Å². The quantitative estimate of drug-likeness (QED) is 0.175. The summed E-state index contributed by atoms with van der Waals surface area (Å²) in [5, 5.41) is 6.47. The molecule has 0 radical (unpaired) electrons. The number of nitrogens with zero attached hydrogens (tertiary/aromatic N) is 2. The Morgan fingerprint density at radius 2 is 1.81 bits per heavy atom. The standard InChI is InChI=1S/C23H30N4O3.HI/c1-3-24-23(25-11-10-15-6-4-5-7-18(15)30-2)26-12-13-27-21(28)19-16-8-9-17(14-16)20(19)22(27)29;/h4-9,16-17,19-20H,3,10-14H2,1-2H3,(H2,24,25,26);1H. The predicted octanol–water partition coefficient (Wildman–Crippen LogP) is 2.22. The molecule has 8 heteroatoms. The third kappa shape index (κ3) is 4.73. The van der Waals surface area contributed by atoms with Crippen LogP contribution in [0.3, 0.4) is 0 Å². The van der Waals surface area contributed by atoms with Crippen molar-refractivity contribution in [3.8, 4) is 5.75 Å². The van der Waals surface area contributed by atoms with E-state index in [0.717, 1.165) is 30.7 Å². The normalized spacial score (nSPS) is 26.1. The topological polar surface area (TPSA) is 83.0 Å². The minimum absolute atomic E-state index is 0. The van der Waals surface area contributed by atoms with Gasteiger partial charge in [0.1, 0.15) is 5.75 Å². The number of nitrogens with one attached hydrogen (secondary N) is 2. The van der Waals surface area contributed by atoms with Crippen molar-refractivity contribution in [2.45, 2.75) is 19.8 Å². The molecule has 0 aromatic heterocycles. The number of aliphatic imine (C=N–C) groups is 1. The number of imide groups is 1. The van der Waals surface area contributed by atoms with E-state index in [-0.39, 0.29) is 59.5 Å². The Kier molecular flexibility index (Phi) is 7.96. The lowest BCUT2D eigenvalue weighted by atomic mass is 9.85. The first-order valence-corrected chi connectivity index (χ1v) is 10.8. The molecule has 4 unspecified atom stereocenters. The number of benzene rings is 1. The van der Waals surface area contributed by atoms with Crippen molar-refractivity contribution in [2.24, 2.45) is 28.7 Å². The van der Waals surface area contributed by atoms with Crippen molar-refractivity contribution in [1.82, 2.24) is 15.5 Å². The Bertz CT molecular complexity index is 842. The third-order valence-corrected chi connectivity index (χ3v) is 6.38. The number of fused-ring (bicyclic) bond motifs is 5. The van der Waals surface area contributed by atoms with Gasteiger partial charge in [0.25, 0.3) is 0 Å². The number of para-hydroxylation sites is 1. The van der Waals surface area contributed by atoms with Gasteiger partial charge in [-0.25, -0.2) is 0 Å². The molecule has 1 saturated heterocycles. The summed E-state index contributed by atoms with van der Waals surface area (Å²) < 4.78 is 5.39. The van der Waals surface area contributed by atoms with E-state index in [0.29, 0.717) is 25.6 Å². The van der Waals surface area contributed by atoms with E-state index in [9.17, 15) is 9.59 Å². The summed E-state index contributed by atoms with van der Waals surface area (Å²) in [6.45, 7) is 4.22. The first-order valence-electron chi connectivity index (χ1n) is 10.8. The molecular weight excluding hydrogens is 507 g/mol. The van der Waals surface area contributed by atoms with E-state index in [1.807, 2.05) is 31.2 Å². The minimum Gasteiger partial charge on any atom is -0.496 e. The molecule has 1 aromatic rings. The molecule has 168 valence electrons. The highest BCUT2D eigenvalue weighted by Gasteiger charge is 2.58. The van der Waals surface area contributed by atoms with Crippen molar-refractivity contribution < 1.29 is 14.3 Å². The number of amides is 2. The van der Waals surface area contributed by atoms with Gasteiger partial charge in [0.15, 0.2) is 5.96 Å². The van der Waals surface area contributed by atoms with Crippen LogP contribution >= 0.6 is 24.0 Å². The molecule has 1 heterocycles. The number of halogens is 1. The number of carbonyl (C=O) groups is 2. The lowest BCUT2D eigenvalue weighted by Gasteiger charge is -2.18. The first kappa shape index (κ1) is 23.6. The maximum atomic E-state index is 12.8. The molecule has 4 rings (SSSR count). The second-order valence-electron chi connectivity index (χ2n) is 8.08. The molecule has 1 saturated carbocycles. The predicted molar refractivity (Wildman–Crippen MR) is 131 cm³/mol. The Morgan fingerprint density at radius 1 is 1.13 bits per heavy atom. The Hall–Kier alpha value is -2.10. The van der Waals surface area contributed by atoms with Crippen LogP contribution in [0, 0.1) is 23.7 Å². The van der Waals surface area contributed by atoms with Gasteiger partial charge in [0.2, 0.25) is 11.8 Å². The molecule has 2 aliphatic carbocycles. The number of hydrogen-bond donors (Lipinski definition) is 2. The van der Waals surface area contributed by atoms with Gasteiger partial charge in [0, 0.05) is 26.2 Å². The van der Waals surface area contributed by atoms with Crippen LogP contribution in [0.25, 0.3) is 0 Å². The molecule has 2 N–H and O–H groups in total. The fraction of sp³-hybridized carbons (Fsp3) is 0.522. The largest absolute Gasteiger partial charge is 0.496 e. The van der Waals surface area contributed by atoms with Crippen LogP contribution in [0.1, 0.15) is 18.9 Å². The van der Waals surface area contributed by atoms with Crippen LogP contribution in [-0.4, -0.2) is 56.0 Å². The maximum Gasteiger partial charge on any atom is 0.233 e. The SMILES string of the molecule is CCNC(=NCCc1ccccc1OC)NCCN1C(=O)C2C3C=CC(C3)C2C1=O.I. The lowest BCUT2D eigenvalue weighted by molar-refractivity contribution is -0.140. The number of allylic oxidation sites excluding steroid dienone is 2. The number of methoxy groups -OCH3 is 1. The van der Waals surface area contributed by atoms with Gasteiger partial charge in [-0.15, -0.1) is 24.0 Å². The number of rotatable bonds is 8. The minimum atomic E-state index is -0.129. The number of guanidine groups is 1. The monoisotopic (exact) mass is 538 g/mol. The fourth-order valence-corrected chi connectivity index (χ4v) is 5.01. The zero-order valence-electron chi connectivity index (χ0n) is 18.0. The summed E-state index contributed by atoms with van der Waals surface area (Å²) in [5.41, 5.74) is 1.11. The molecule has 31 heavy (non-hydrogen) atoms. The van der Waals surface area contributed by atoms with E-state index in [4.69, 9.17) is 4.74 Å². The van der Waals surface area contributed by atoms with Gasteiger partial charge >= 0.3 is 0 Å². The van der Waals surface area contributed by atoms with Gasteiger partial charge in [-0.3, -0.25) is 19.5 Å². The smallest absolute Gasteiger partial charge is 0.233 e. The van der Waals surface area contributed by atoms with Crippen molar-refractivity contribution in [2.75, 3.05) is 33.3 Å². The zero-order chi connectivity index (χ0) is 21.1. The van der Waals surface area contributed by atoms with Crippen LogP contribution in [0.2, 0.25) is 0 Å². The second kappa shape index (κ2) is 10.5. The van der Waals surface area contributed by atoms with E-state index < -0.39 is 0 Å². The molecule has 2 amide bonds. The summed E-state index contributed by atoms with van der Waals surface area (Å²) in [5.74, 6) is 1.81. The Morgan fingerprint density at radius 3 is 2.45 bits per heavy atom. The lowest BCUT2D eigenvalue weighted by Crippen LogP contribution is -2.43. The van der Waals surface area contributed by atoms with Gasteiger partial charge in [-0.1, -0.05) is 30.4 Å². The summed E-state index contributed by atoms with van der Waals surface area (Å²) in [6, 6.07) is 7.93. The third-order valence-electron chi connectivity index (χ3n) is 6.38. The first-order chi connectivity index (χ1) is 14.6. The van der Waals surface area contributed by atoms with Crippen LogP contribution in [0.4, 0.5) is 0 Å². The van der Waals surface area contributed by atoms with Crippen LogP contribution in [0.5, 0.6) is 5.75 Å². The van der Waals surface area contributed by atoms with Crippen LogP contribution in [0.15, 0.2) is 41.4 Å². The van der Waals surface area contributed by atoms with E-state index in [2.05, 4.69) is 27.8 Å². The Labute approximate surface area is 200 Å². The molecular formula is C23H31IN4O3. The van der Waals surface area contributed by atoms with E-state index in [1.54, 1.807) is 7.11 Å². The molecule has 1 aromatic carbocycles. The fourth-order valence-electron chi connectivity index (χ4n) is 5.01. The van der Waals surface area contributed by atoms with Crippen molar-refractivity contribution in [3.63, 3.8) is 0 Å². The van der Waals surface area contributed by atoms with Crippen molar-refractivity contribution in [3.05, 3.63) is 42.0 Å². The highest BCUT2D eigenvalue weighted by Crippen LogP contribution is 2.52. The average molecular weight is 538 g/mol. The molecule has 1 aliphatic heterocycles. The Balaban J connectivity index is 0.00000272. The molecule has 4 atom stereocenters. The summed E-state index contributed by atoms with van der Waals surface area (Å²) >= 11 is 0. The van der Waals surface area contributed by atoms with Gasteiger partial charge in [0.05, 0.1) is 18.9 Å². The highest BCUT2D eigenvalue weighted by atomic mass is 127. The van der Waals surface area contributed by atoms with Gasteiger partial charge in [-0.2, -0.15) is 0 Å². The zero-order valence-corrected chi connectivity index (χ0v) is 20.4. The van der Waals surface area contributed by atoms with Crippen molar-refractivity contribution >= 4 is 41.8 Å². The number of hydrogen-bond acceptors (Lipinski definition) is 4. The second-order valence-corrected chi connectivity index (χ2v) is 8.08. The molecule has 7 nitrogen and oxygen atoms in total. The molecule has 3 aliphatic rings. The average Bonchev–Trinajstić information content (AvgIpc) is 3.43. The number of likely N-dealkylation sites (tertiary alicyclic amines) is 1.